The van der Waals surface area contributed by atoms with Crippen molar-refractivity contribution in [2.75, 3.05) is 0 Å². The molecule has 0 heterocycles. The summed E-state index contributed by atoms with van der Waals surface area (Å²) in [6.45, 7) is 15.1. The van der Waals surface area contributed by atoms with Gasteiger partial charge in [0.2, 0.25) is 0 Å². The Morgan fingerprint density at radius 1 is 1.00 bits per heavy atom. The van der Waals surface area contributed by atoms with Crippen molar-refractivity contribution in [2.45, 2.75) is 40.0 Å². The molecule has 92 valence electrons. The van der Waals surface area contributed by atoms with Crippen molar-refractivity contribution in [3.05, 3.63) is 60.2 Å². The van der Waals surface area contributed by atoms with E-state index in [2.05, 4.69) is 58.2 Å². The maximum Gasteiger partial charge on any atom is -0.00666 e. The summed E-state index contributed by atoms with van der Waals surface area (Å²) >= 11 is 0. The van der Waals surface area contributed by atoms with Gasteiger partial charge in [-0.1, -0.05) is 75.4 Å². The van der Waals surface area contributed by atoms with E-state index in [4.69, 9.17) is 0 Å². The molecule has 0 bridgehead atoms. The first-order valence-corrected chi connectivity index (χ1v) is 6.24. The van der Waals surface area contributed by atoms with E-state index in [1.165, 1.54) is 16.7 Å². The highest BCUT2D eigenvalue weighted by Crippen LogP contribution is 2.26. The zero-order chi connectivity index (χ0) is 12.9. The van der Waals surface area contributed by atoms with Crippen LogP contribution in [0.1, 0.15) is 39.2 Å². The van der Waals surface area contributed by atoms with Gasteiger partial charge in [0.25, 0.3) is 0 Å². The smallest absolute Gasteiger partial charge is 0.00666 e. The standard InChI is InChI=1S/C17H24/c1-14(11-15(2)13-17(3,4)5)12-16-9-7-6-8-10-16/h6-10H,1-2,11-13H2,3-5H3. The van der Waals surface area contributed by atoms with Crippen molar-refractivity contribution >= 4 is 0 Å². The molecule has 0 spiro atoms. The largest absolute Gasteiger partial charge is 0.0995 e. The Morgan fingerprint density at radius 2 is 1.59 bits per heavy atom. The van der Waals surface area contributed by atoms with Crippen LogP contribution in [0.3, 0.4) is 0 Å². The Morgan fingerprint density at radius 3 is 2.12 bits per heavy atom. The fourth-order valence-corrected chi connectivity index (χ4v) is 2.11. The van der Waals surface area contributed by atoms with E-state index in [9.17, 15) is 0 Å². The van der Waals surface area contributed by atoms with Crippen LogP contribution in [0.15, 0.2) is 54.6 Å². The van der Waals surface area contributed by atoms with Crippen LogP contribution >= 0.6 is 0 Å². The molecule has 17 heavy (non-hydrogen) atoms. The summed E-state index contributed by atoms with van der Waals surface area (Å²) in [7, 11) is 0. The average molecular weight is 228 g/mol. The molecule has 0 fully saturated rings. The fourth-order valence-electron chi connectivity index (χ4n) is 2.11. The van der Waals surface area contributed by atoms with Crippen LogP contribution in [0, 0.1) is 5.41 Å². The second-order valence-electron chi connectivity index (χ2n) is 6.08. The van der Waals surface area contributed by atoms with Crippen molar-refractivity contribution in [3.63, 3.8) is 0 Å². The highest BCUT2D eigenvalue weighted by molar-refractivity contribution is 5.23. The molecule has 0 heteroatoms. The highest BCUT2D eigenvalue weighted by atomic mass is 14.2. The first-order chi connectivity index (χ1) is 7.87. The third-order valence-corrected chi connectivity index (χ3v) is 2.58. The molecule has 0 nitrogen and oxygen atoms in total. The van der Waals surface area contributed by atoms with Gasteiger partial charge >= 0.3 is 0 Å². The number of benzene rings is 1. The molecular formula is C17H24. The zero-order valence-corrected chi connectivity index (χ0v) is 11.4. The lowest BCUT2D eigenvalue weighted by atomic mass is 9.86. The lowest BCUT2D eigenvalue weighted by Gasteiger charge is -2.20. The van der Waals surface area contributed by atoms with E-state index in [1.54, 1.807) is 0 Å². The van der Waals surface area contributed by atoms with Crippen molar-refractivity contribution in [1.82, 2.24) is 0 Å². The first-order valence-electron chi connectivity index (χ1n) is 6.24. The van der Waals surface area contributed by atoms with E-state index in [-0.39, 0.29) is 0 Å². The molecule has 0 aliphatic rings. The van der Waals surface area contributed by atoms with E-state index in [0.717, 1.165) is 19.3 Å². The molecule has 1 aromatic rings. The van der Waals surface area contributed by atoms with E-state index in [0.29, 0.717) is 5.41 Å². The van der Waals surface area contributed by atoms with Crippen LogP contribution in [0.2, 0.25) is 0 Å². The molecule has 0 saturated heterocycles. The summed E-state index contributed by atoms with van der Waals surface area (Å²) < 4.78 is 0. The van der Waals surface area contributed by atoms with Gasteiger partial charge in [-0.15, -0.1) is 0 Å². The topological polar surface area (TPSA) is 0 Å². The Labute approximate surface area is 106 Å². The molecule has 0 atom stereocenters. The number of hydrogen-bond acceptors (Lipinski definition) is 0. The molecule has 0 amide bonds. The van der Waals surface area contributed by atoms with E-state index >= 15 is 0 Å². The Hall–Kier alpha value is -1.30. The van der Waals surface area contributed by atoms with Crippen LogP contribution < -0.4 is 0 Å². The lowest BCUT2D eigenvalue weighted by Crippen LogP contribution is -2.06. The fraction of sp³-hybridized carbons (Fsp3) is 0.412. The monoisotopic (exact) mass is 228 g/mol. The maximum atomic E-state index is 4.16. The number of rotatable bonds is 5. The molecule has 0 aromatic heterocycles. The average Bonchev–Trinajstić information content (AvgIpc) is 2.15. The van der Waals surface area contributed by atoms with E-state index in [1.807, 2.05) is 6.07 Å². The quantitative estimate of drug-likeness (QED) is 0.610. The molecule has 0 N–H and O–H groups in total. The van der Waals surface area contributed by atoms with Crippen LogP contribution in [0.4, 0.5) is 0 Å². The maximum absolute atomic E-state index is 4.16. The molecule has 0 aliphatic heterocycles. The molecule has 1 aromatic carbocycles. The van der Waals surface area contributed by atoms with Gasteiger partial charge < -0.3 is 0 Å². The third kappa shape index (κ3) is 6.11. The second-order valence-corrected chi connectivity index (χ2v) is 6.08. The van der Waals surface area contributed by atoms with Gasteiger partial charge in [0.1, 0.15) is 0 Å². The van der Waals surface area contributed by atoms with Gasteiger partial charge in [0.05, 0.1) is 0 Å². The minimum Gasteiger partial charge on any atom is -0.0995 e. The number of allylic oxidation sites excluding steroid dienone is 2. The molecule has 1 rings (SSSR count). The zero-order valence-electron chi connectivity index (χ0n) is 11.4. The molecule has 0 saturated carbocycles. The van der Waals surface area contributed by atoms with Gasteiger partial charge in [-0.2, -0.15) is 0 Å². The van der Waals surface area contributed by atoms with Gasteiger partial charge in [0.15, 0.2) is 0 Å². The van der Waals surface area contributed by atoms with Crippen LogP contribution in [0.5, 0.6) is 0 Å². The van der Waals surface area contributed by atoms with Crippen molar-refractivity contribution in [3.8, 4) is 0 Å². The van der Waals surface area contributed by atoms with Gasteiger partial charge in [-0.3, -0.25) is 0 Å². The summed E-state index contributed by atoms with van der Waals surface area (Å²) in [6, 6.07) is 10.5. The summed E-state index contributed by atoms with van der Waals surface area (Å²) in [4.78, 5) is 0. The SMILES string of the molecule is C=C(CC(=C)CC(C)(C)C)Cc1ccccc1. The predicted molar refractivity (Wildman–Crippen MR) is 77.1 cm³/mol. The van der Waals surface area contributed by atoms with Crippen molar-refractivity contribution in [2.24, 2.45) is 5.41 Å². The lowest BCUT2D eigenvalue weighted by molar-refractivity contribution is 0.407. The molecule has 0 radical (unpaired) electrons. The van der Waals surface area contributed by atoms with Crippen LogP contribution in [0.25, 0.3) is 0 Å². The Kier molecular flexibility index (Phi) is 4.74. The Bertz CT molecular complexity index is 376. The normalized spacial score (nSPS) is 11.2. The molecule has 0 aliphatic carbocycles. The van der Waals surface area contributed by atoms with Gasteiger partial charge in [0, 0.05) is 0 Å². The summed E-state index contributed by atoms with van der Waals surface area (Å²) in [5, 5.41) is 0. The van der Waals surface area contributed by atoms with E-state index < -0.39 is 0 Å². The predicted octanol–water partition coefficient (Wildman–Crippen LogP) is 5.17. The first kappa shape index (κ1) is 13.8. The third-order valence-electron chi connectivity index (χ3n) is 2.58. The summed E-state index contributed by atoms with van der Waals surface area (Å²) in [5.74, 6) is 0. The van der Waals surface area contributed by atoms with Crippen molar-refractivity contribution in [1.29, 1.82) is 0 Å². The highest BCUT2D eigenvalue weighted by Gasteiger charge is 2.12. The van der Waals surface area contributed by atoms with Crippen LogP contribution in [-0.2, 0) is 6.42 Å². The van der Waals surface area contributed by atoms with Gasteiger partial charge in [-0.25, -0.2) is 0 Å². The number of hydrogen-bond donors (Lipinski definition) is 0. The molecular weight excluding hydrogens is 204 g/mol. The minimum absolute atomic E-state index is 0.324. The molecule has 0 unspecified atom stereocenters. The Balaban J connectivity index is 2.43. The van der Waals surface area contributed by atoms with Gasteiger partial charge in [-0.05, 0) is 30.2 Å². The minimum atomic E-state index is 0.324. The summed E-state index contributed by atoms with van der Waals surface area (Å²) in [6.07, 6.45) is 2.98. The van der Waals surface area contributed by atoms with Crippen molar-refractivity contribution < 1.29 is 0 Å². The second kappa shape index (κ2) is 5.86. The summed E-state index contributed by atoms with van der Waals surface area (Å²) in [5.41, 5.74) is 4.20. The van der Waals surface area contributed by atoms with Crippen LogP contribution in [-0.4, -0.2) is 0 Å².